The van der Waals surface area contributed by atoms with Crippen molar-refractivity contribution in [3.8, 4) is 21.6 Å². The van der Waals surface area contributed by atoms with E-state index in [1.165, 1.54) is 27.1 Å². The van der Waals surface area contributed by atoms with Gasteiger partial charge in [-0.15, -0.1) is 17.9 Å². The molecule has 0 bridgehead atoms. The Kier molecular flexibility index (Phi) is 8.08. The molecule has 0 spiro atoms. The van der Waals surface area contributed by atoms with Crippen molar-refractivity contribution in [1.29, 1.82) is 0 Å². The first-order chi connectivity index (χ1) is 9.86. The van der Waals surface area contributed by atoms with Crippen LogP contribution in [-0.2, 0) is 39.3 Å². The van der Waals surface area contributed by atoms with Crippen LogP contribution in [0.4, 0.5) is 0 Å². The Morgan fingerprint density at radius 1 is 1.00 bits per heavy atom. The van der Waals surface area contributed by atoms with Gasteiger partial charge in [0.25, 0.3) is 0 Å². The molecule has 1 radical (unpaired) electrons. The molecule has 3 nitrogen and oxygen atoms in total. The van der Waals surface area contributed by atoms with E-state index in [4.69, 9.17) is 0 Å². The molecule has 0 aliphatic heterocycles. The smallest absolute Gasteiger partial charge is 0.0797 e. The quantitative estimate of drug-likeness (QED) is 0.570. The molecular weight excluding hydrogens is 367 g/mol. The third kappa shape index (κ3) is 4.54. The fourth-order valence-corrected chi connectivity index (χ4v) is 2.85. The largest absolute Gasteiger partial charge is 0.693 e. The maximum absolute atomic E-state index is 4.18. The van der Waals surface area contributed by atoms with E-state index >= 15 is 0 Å². The molecule has 1 heterocycles. The van der Waals surface area contributed by atoms with Gasteiger partial charge in [-0.2, -0.15) is 7.05 Å². The minimum Gasteiger partial charge on any atom is -0.693 e. The molecular formula is C17H17N3SY-2. The fraction of sp³-hybridized carbons (Fsp3) is 0.118. The number of nitrogens with two attached hydrogens (primary N) is 1. The summed E-state index contributed by atoms with van der Waals surface area (Å²) in [6, 6.07) is 17.2. The average molecular weight is 384 g/mol. The second kappa shape index (κ2) is 9.28. The summed E-state index contributed by atoms with van der Waals surface area (Å²) < 4.78 is 0. The van der Waals surface area contributed by atoms with Crippen LogP contribution >= 0.6 is 11.3 Å². The molecule has 1 aromatic heterocycles. The third-order valence-corrected chi connectivity index (χ3v) is 4.02. The van der Waals surface area contributed by atoms with Gasteiger partial charge in [-0.05, 0) is 16.7 Å². The zero-order valence-corrected chi connectivity index (χ0v) is 16.1. The van der Waals surface area contributed by atoms with E-state index in [1.807, 2.05) is 18.8 Å². The minimum atomic E-state index is 0. The first-order valence-electron chi connectivity index (χ1n) is 6.50. The second-order valence-corrected chi connectivity index (χ2v) is 5.50. The molecule has 0 unspecified atom stereocenters. The predicted octanol–water partition coefficient (Wildman–Crippen LogP) is 5.70. The molecule has 0 fully saturated rings. The molecule has 3 rings (SSSR count). The van der Waals surface area contributed by atoms with Crippen molar-refractivity contribution >= 4 is 11.3 Å². The summed E-state index contributed by atoms with van der Waals surface area (Å²) in [5.41, 5.74) is 6.80. The van der Waals surface area contributed by atoms with Crippen molar-refractivity contribution in [3.05, 3.63) is 77.3 Å². The van der Waals surface area contributed by atoms with E-state index in [1.54, 1.807) is 11.3 Å². The number of thiazole rings is 1. The van der Waals surface area contributed by atoms with Gasteiger partial charge in [0.2, 0.25) is 0 Å². The van der Waals surface area contributed by atoms with Crippen molar-refractivity contribution in [2.45, 2.75) is 6.54 Å². The normalized spacial score (nSPS) is 9.68. The van der Waals surface area contributed by atoms with Crippen LogP contribution in [0.5, 0.6) is 0 Å². The van der Waals surface area contributed by atoms with E-state index in [0.29, 0.717) is 0 Å². The van der Waals surface area contributed by atoms with Crippen molar-refractivity contribution in [2.75, 3.05) is 7.05 Å². The van der Waals surface area contributed by atoms with Gasteiger partial charge in [-0.25, -0.2) is 0 Å². The molecule has 0 aliphatic carbocycles. The zero-order chi connectivity index (χ0) is 13.8. The summed E-state index contributed by atoms with van der Waals surface area (Å²) >= 11 is 1.66. The Bertz CT molecular complexity index is 681. The number of hydrogen-bond donors (Lipinski definition) is 0. The van der Waals surface area contributed by atoms with Crippen molar-refractivity contribution in [1.82, 2.24) is 4.98 Å². The molecule has 0 amide bonds. The van der Waals surface area contributed by atoms with Gasteiger partial charge in [0, 0.05) is 38.9 Å². The molecule has 2 aromatic carbocycles. The van der Waals surface area contributed by atoms with Crippen LogP contribution < -0.4 is 0 Å². The number of benzene rings is 2. The monoisotopic (exact) mass is 384 g/mol. The van der Waals surface area contributed by atoms with Gasteiger partial charge in [0.05, 0.1) is 10.4 Å². The van der Waals surface area contributed by atoms with Gasteiger partial charge < -0.3 is 11.5 Å². The van der Waals surface area contributed by atoms with E-state index in [0.717, 1.165) is 6.54 Å². The summed E-state index contributed by atoms with van der Waals surface area (Å²) in [5.74, 6) is 0. The Morgan fingerprint density at radius 3 is 2.36 bits per heavy atom. The molecule has 5 heteroatoms. The summed E-state index contributed by atoms with van der Waals surface area (Å²) in [4.78, 5) is 5.32. The van der Waals surface area contributed by atoms with Crippen LogP contribution in [0.15, 0.2) is 60.2 Å². The molecule has 3 aromatic rings. The molecule has 2 N–H and O–H groups in total. The molecule has 111 valence electrons. The standard InChI is InChI=1S/C17H15N2S.H2N.Y/c1-18-10-13-3-2-4-16(9-13)14-5-7-15(8-6-14)17-11-19-12-20-17;;/h2-9,11-12H,10H2,1H3;1H2;/q2*-1;. The molecule has 0 atom stereocenters. The summed E-state index contributed by atoms with van der Waals surface area (Å²) in [5, 5.41) is 4.18. The number of aromatic nitrogens is 1. The van der Waals surface area contributed by atoms with E-state index in [2.05, 4.69) is 58.8 Å². The number of nitrogens with zero attached hydrogens (tertiary/aromatic N) is 2. The summed E-state index contributed by atoms with van der Waals surface area (Å²) in [7, 11) is 1.84. The SMILES string of the molecule is C[N-]Cc1cccc(-c2ccc(-c3cncs3)cc2)c1.[NH2-].[Y]. The third-order valence-electron chi connectivity index (χ3n) is 3.20. The van der Waals surface area contributed by atoms with E-state index in [9.17, 15) is 0 Å². The average Bonchev–Trinajstić information content (AvgIpc) is 3.02. The van der Waals surface area contributed by atoms with Crippen LogP contribution in [0.1, 0.15) is 5.56 Å². The summed E-state index contributed by atoms with van der Waals surface area (Å²) in [6.45, 7) is 0.771. The molecule has 22 heavy (non-hydrogen) atoms. The zero-order valence-electron chi connectivity index (χ0n) is 12.4. The van der Waals surface area contributed by atoms with Crippen molar-refractivity contribution < 1.29 is 32.7 Å². The van der Waals surface area contributed by atoms with Crippen LogP contribution in [0.25, 0.3) is 33.0 Å². The Balaban J connectivity index is 0.00000121. The Morgan fingerprint density at radius 2 is 1.73 bits per heavy atom. The van der Waals surface area contributed by atoms with Gasteiger partial charge >= 0.3 is 0 Å². The maximum Gasteiger partial charge on any atom is 0.0797 e. The first-order valence-corrected chi connectivity index (χ1v) is 7.38. The Hall–Kier alpha value is -0.906. The number of hydrogen-bond acceptors (Lipinski definition) is 2. The molecule has 0 aliphatic rings. The van der Waals surface area contributed by atoms with Crippen LogP contribution in [-0.4, -0.2) is 12.0 Å². The van der Waals surface area contributed by atoms with Crippen molar-refractivity contribution in [2.24, 2.45) is 0 Å². The number of rotatable bonds is 4. The summed E-state index contributed by atoms with van der Waals surface area (Å²) in [6.07, 6.45) is 1.91. The molecule has 0 saturated heterocycles. The topological polar surface area (TPSA) is 60.5 Å². The van der Waals surface area contributed by atoms with E-state index in [-0.39, 0.29) is 38.9 Å². The van der Waals surface area contributed by atoms with Gasteiger partial charge in [-0.3, -0.25) is 4.98 Å². The second-order valence-electron chi connectivity index (χ2n) is 4.62. The van der Waals surface area contributed by atoms with Crippen LogP contribution in [0, 0.1) is 0 Å². The van der Waals surface area contributed by atoms with Crippen LogP contribution in [0.3, 0.4) is 0 Å². The maximum atomic E-state index is 4.18. The van der Waals surface area contributed by atoms with Gasteiger partial charge in [0.15, 0.2) is 0 Å². The van der Waals surface area contributed by atoms with Gasteiger partial charge in [-0.1, -0.05) is 54.1 Å². The molecule has 0 saturated carbocycles. The fourth-order valence-electron chi connectivity index (χ4n) is 2.22. The van der Waals surface area contributed by atoms with Crippen LogP contribution in [0.2, 0.25) is 0 Å². The predicted molar refractivity (Wildman–Crippen MR) is 91.3 cm³/mol. The first kappa shape index (κ1) is 19.1. The van der Waals surface area contributed by atoms with E-state index < -0.39 is 0 Å². The Labute approximate surface area is 160 Å². The van der Waals surface area contributed by atoms with Gasteiger partial charge in [0.1, 0.15) is 0 Å². The minimum absolute atomic E-state index is 0. The van der Waals surface area contributed by atoms with Crippen molar-refractivity contribution in [3.63, 3.8) is 0 Å².